The fraction of sp³-hybridized carbons (Fsp3) is 0.625. The summed E-state index contributed by atoms with van der Waals surface area (Å²) in [5.74, 6) is 0.728. The predicted octanol–water partition coefficient (Wildman–Crippen LogP) is -3.46. The standard InChI is InChI=1S/C32H49O2.6FH.17O.6Sb/c1-2-3-4-5-6-7-8-9-10-11-12-13-14-15-16-20-27-34-31-25-23-30(24-26-31)32(33)28-29-21-18-17-19-22-29;;;;;;;;;;;;;;;;;;;;;;;;;;;;;/h17-19,21-26,32H,2-16,20,27-28H2,1H3;6*1H;;;;;;;;;;;;;;;;;;;;;;;/q-1;;;;;;;;;;;;;11*-1;5*+1;+2/p-6. The summed E-state index contributed by atoms with van der Waals surface area (Å²) in [6, 6.07) is 16.5. The van der Waals surface area contributed by atoms with E-state index < -0.39 is 127 Å². The van der Waals surface area contributed by atoms with Gasteiger partial charge in [-0.25, -0.2) is 0 Å². The molecule has 2 unspecified atom stereocenters. The molecule has 0 bridgehead atoms. The molecule has 2 atom stereocenters. The number of halogens is 6. The van der Waals surface area contributed by atoms with Crippen molar-refractivity contribution in [1.29, 1.82) is 0 Å². The molecule has 0 heterocycles. The Kier molecular flexibility index (Phi) is 44.7. The van der Waals surface area contributed by atoms with Crippen molar-refractivity contribution in [2.45, 2.75) is 122 Å². The average molecular weight is 1580 g/mol. The topological polar surface area (TPSA) is 375 Å². The van der Waals surface area contributed by atoms with Crippen LogP contribution in [-0.4, -0.2) is 128 Å². The van der Waals surface area contributed by atoms with Crippen molar-refractivity contribution in [1.82, 2.24) is 0 Å². The first-order valence-corrected chi connectivity index (χ1v) is 43.1. The van der Waals surface area contributed by atoms with Gasteiger partial charge in [0.25, 0.3) is 0 Å². The zero-order valence-corrected chi connectivity index (χ0v) is 49.0. The van der Waals surface area contributed by atoms with Gasteiger partial charge in [-0.1, -0.05) is 84.0 Å². The summed E-state index contributed by atoms with van der Waals surface area (Å²) >= 11 is -38.1. The fourth-order valence-electron chi connectivity index (χ4n) is 4.82. The Hall–Kier alpha value is 1.05. The van der Waals surface area contributed by atoms with Gasteiger partial charge in [0, 0.05) is 0 Å². The second kappa shape index (κ2) is 39.8. The third-order valence-electron chi connectivity index (χ3n) is 7.04. The molecule has 0 aliphatic heterocycles. The third kappa shape index (κ3) is 90.2. The van der Waals surface area contributed by atoms with Crippen LogP contribution >= 0.6 is 0 Å². The van der Waals surface area contributed by atoms with Crippen LogP contribution < -0.4 is 42.0 Å². The molecule has 2 aromatic carbocycles. The van der Waals surface area contributed by atoms with Crippen LogP contribution in [0.15, 0.2) is 54.6 Å². The molecule has 31 heteroatoms. The van der Waals surface area contributed by atoms with Gasteiger partial charge in [-0.15, -0.1) is 0 Å². The Morgan fingerprint density at radius 1 is 0.444 bits per heavy atom. The van der Waals surface area contributed by atoms with Crippen molar-refractivity contribution in [2.75, 3.05) is 6.61 Å². The van der Waals surface area contributed by atoms with Crippen molar-refractivity contribution >= 4 is 121 Å². The molecule has 2 aromatic rings. The molecular formula is C32H49F6O19Sb6-11. The van der Waals surface area contributed by atoms with E-state index in [1.54, 1.807) is 24.3 Å². The molecular weight excluding hydrogens is 1530 g/mol. The van der Waals surface area contributed by atoms with Gasteiger partial charge in [0.15, 0.2) is 0 Å². The molecule has 0 saturated carbocycles. The molecule has 0 N–H and O–H groups in total. The van der Waals surface area contributed by atoms with E-state index in [2.05, 4.69) is 6.92 Å². The SMILES string of the molecule is CCCCCCCCCCCCCCCCCCOc1ccc(C(Cc2ccccc2)[O][Sb](=[O])([O-])[F])cc1.[O]=[Sb]([O-])([O-])[F].[O]=[Sb]([O-])([O-])[F].[O]=[Sb]([O-])([O-])[F].[O]=[Sb]([O-])([O-])[F].[O]=[Sb]([O-])([O-])[F]. The summed E-state index contributed by atoms with van der Waals surface area (Å²) < 4.78 is 226. The van der Waals surface area contributed by atoms with Gasteiger partial charge in [-0.3, -0.25) is 0 Å². The molecule has 0 aromatic heterocycles. The molecule has 374 valence electrons. The number of hydrogen-bond donors (Lipinski definition) is 0. The van der Waals surface area contributed by atoms with Crippen molar-refractivity contribution in [3.8, 4) is 5.75 Å². The number of hydrogen-bond acceptors (Lipinski definition) is 19. The Bertz CT molecular complexity index is 1530. The van der Waals surface area contributed by atoms with Gasteiger partial charge >= 0.3 is 318 Å². The summed E-state index contributed by atoms with van der Waals surface area (Å²) in [4.78, 5) is 0. The van der Waals surface area contributed by atoms with Gasteiger partial charge in [-0.2, -0.15) is 0 Å². The predicted molar refractivity (Wildman–Crippen MR) is 191 cm³/mol. The quantitative estimate of drug-likeness (QED) is 0.0593. The van der Waals surface area contributed by atoms with Crippen LogP contribution in [0.3, 0.4) is 0 Å². The second-order valence-corrected chi connectivity index (χ2v) is 27.9. The monoisotopic (exact) mass is 1580 g/mol. The number of benzene rings is 2. The van der Waals surface area contributed by atoms with Gasteiger partial charge in [-0.05, 0) is 0 Å². The van der Waals surface area contributed by atoms with Crippen molar-refractivity contribution in [2.24, 2.45) is 0 Å². The minimum atomic E-state index is -6.35. The molecule has 0 saturated heterocycles. The van der Waals surface area contributed by atoms with E-state index in [4.69, 9.17) is 56.7 Å². The Morgan fingerprint density at radius 2 is 0.730 bits per heavy atom. The van der Waals surface area contributed by atoms with Gasteiger partial charge < -0.3 is 0 Å². The van der Waals surface area contributed by atoms with Gasteiger partial charge in [0.2, 0.25) is 0 Å². The van der Waals surface area contributed by atoms with Crippen LogP contribution in [0.1, 0.15) is 127 Å². The van der Waals surface area contributed by atoms with Crippen LogP contribution in [0, 0.1) is 0 Å². The fourth-order valence-corrected chi connectivity index (χ4v) is 6.24. The van der Waals surface area contributed by atoms with Gasteiger partial charge in [0.05, 0.1) is 0 Å². The molecule has 0 spiro atoms. The normalized spacial score (nSPS) is 13.0. The first-order chi connectivity index (χ1) is 28.5. The summed E-state index contributed by atoms with van der Waals surface area (Å²) in [6.07, 6.45) is 20.8. The van der Waals surface area contributed by atoms with Crippen LogP contribution in [0.4, 0.5) is 16.9 Å². The molecule has 0 fully saturated rings. The zero-order valence-electron chi connectivity index (χ0n) is 33.7. The zero-order chi connectivity index (χ0) is 49.8. The van der Waals surface area contributed by atoms with Crippen LogP contribution in [-0.2, 0) is 27.5 Å². The first-order valence-electron chi connectivity index (χ1n) is 18.5. The molecule has 19 nitrogen and oxygen atoms in total. The van der Waals surface area contributed by atoms with Gasteiger partial charge in [0.1, 0.15) is 0 Å². The number of ether oxygens (including phenoxy) is 1. The molecule has 0 radical (unpaired) electrons. The summed E-state index contributed by atoms with van der Waals surface area (Å²) in [5.41, 5.74) is 1.50. The number of unbranched alkanes of at least 4 members (excludes halogenated alkanes) is 15. The summed E-state index contributed by atoms with van der Waals surface area (Å²) in [6.45, 7) is 2.93. The average Bonchev–Trinajstić information content (AvgIpc) is 3.06. The Labute approximate surface area is 396 Å². The van der Waals surface area contributed by atoms with Crippen LogP contribution in [0.25, 0.3) is 0 Å². The van der Waals surface area contributed by atoms with Crippen LogP contribution in [0.5, 0.6) is 5.75 Å². The van der Waals surface area contributed by atoms with E-state index >= 15 is 0 Å². The molecule has 0 aliphatic carbocycles. The minimum absolute atomic E-state index is 0.283. The summed E-state index contributed by atoms with van der Waals surface area (Å²) in [7, 11) is 0. The molecule has 63 heavy (non-hydrogen) atoms. The van der Waals surface area contributed by atoms with E-state index in [1.807, 2.05) is 30.3 Å². The maximum absolute atomic E-state index is 13.4. The second-order valence-electron chi connectivity index (χ2n) is 12.6. The maximum atomic E-state index is 13.4. The third-order valence-corrected chi connectivity index (χ3v) is 8.48. The molecule has 0 aliphatic rings. The molecule has 2 rings (SSSR count). The van der Waals surface area contributed by atoms with E-state index in [0.717, 1.165) is 17.7 Å². The Balaban J connectivity index is -0.000000562. The van der Waals surface area contributed by atoms with E-state index in [0.29, 0.717) is 12.2 Å². The first kappa shape index (κ1) is 70.6. The van der Waals surface area contributed by atoms with Crippen LogP contribution in [0.2, 0.25) is 0 Å². The van der Waals surface area contributed by atoms with Crippen molar-refractivity contribution in [3.63, 3.8) is 0 Å². The van der Waals surface area contributed by atoms with E-state index in [1.165, 1.54) is 96.3 Å². The van der Waals surface area contributed by atoms with Crippen molar-refractivity contribution < 1.29 is 80.0 Å². The van der Waals surface area contributed by atoms with Crippen molar-refractivity contribution in [3.05, 3.63) is 65.7 Å². The summed E-state index contributed by atoms with van der Waals surface area (Å²) in [5, 5.41) is 0. The number of rotatable bonds is 23. The molecule has 0 amide bonds. The van der Waals surface area contributed by atoms with E-state index in [9.17, 15) is 23.3 Å². The van der Waals surface area contributed by atoms with E-state index in [-0.39, 0.29) is 6.42 Å². The Morgan fingerprint density at radius 3 is 1.02 bits per heavy atom.